The molecule has 1 fully saturated rings. The molecule has 1 N–H and O–H groups in total. The van der Waals surface area contributed by atoms with Crippen molar-refractivity contribution in [3.8, 4) is 11.8 Å². The summed E-state index contributed by atoms with van der Waals surface area (Å²) in [6.45, 7) is 2.71. The maximum absolute atomic E-state index is 11.2. The molecule has 1 aromatic heterocycles. The fourth-order valence-electron chi connectivity index (χ4n) is 3.27. The van der Waals surface area contributed by atoms with Gasteiger partial charge in [0.1, 0.15) is 22.0 Å². The molecule has 2 atom stereocenters. The molecule has 24 heavy (non-hydrogen) atoms. The van der Waals surface area contributed by atoms with Crippen LogP contribution in [-0.2, 0) is 5.60 Å². The average molecular weight is 388 g/mol. The van der Waals surface area contributed by atoms with Crippen LogP contribution < -0.4 is 9.64 Å². The zero-order valence-electron chi connectivity index (χ0n) is 13.5. The number of hydrogen-bond donors (Lipinski definition) is 1. The summed E-state index contributed by atoms with van der Waals surface area (Å²) in [5, 5.41) is 20.3. The molecule has 1 aliphatic heterocycles. The van der Waals surface area contributed by atoms with Crippen molar-refractivity contribution in [3.05, 3.63) is 52.3 Å². The number of nitriles is 1. The van der Waals surface area contributed by atoms with Gasteiger partial charge in [0.05, 0.1) is 18.7 Å². The summed E-state index contributed by atoms with van der Waals surface area (Å²) in [5.41, 5.74) is 1.27. The minimum atomic E-state index is -0.963. The molecule has 1 aliphatic rings. The fraction of sp³-hybridized carbons (Fsp3) is 0.333. The standard InChI is InChI=1S/C18H18BrN3O2/c1-12-18(23,14-4-6-17(19)21-11-14)7-8-22(12)15-5-3-13(10-20)16(9-15)24-2/h3-6,9,11-12,23H,7-8H2,1-2H3/t12-,18-/m0/s1. The first-order valence-electron chi connectivity index (χ1n) is 7.69. The van der Waals surface area contributed by atoms with E-state index in [1.54, 1.807) is 19.4 Å². The van der Waals surface area contributed by atoms with E-state index in [9.17, 15) is 5.11 Å². The molecule has 0 amide bonds. The van der Waals surface area contributed by atoms with Gasteiger partial charge in [0, 0.05) is 30.1 Å². The van der Waals surface area contributed by atoms with E-state index in [0.29, 0.717) is 24.3 Å². The highest BCUT2D eigenvalue weighted by molar-refractivity contribution is 9.10. The molecular formula is C18H18BrN3O2. The van der Waals surface area contributed by atoms with Crippen LogP contribution in [0.25, 0.3) is 0 Å². The summed E-state index contributed by atoms with van der Waals surface area (Å²) < 4.78 is 6.04. The Morgan fingerprint density at radius 2 is 2.21 bits per heavy atom. The van der Waals surface area contributed by atoms with Crippen LogP contribution in [0.2, 0.25) is 0 Å². The summed E-state index contributed by atoms with van der Waals surface area (Å²) in [7, 11) is 1.55. The normalized spacial score (nSPS) is 23.1. The van der Waals surface area contributed by atoms with Crippen molar-refractivity contribution in [2.45, 2.75) is 25.0 Å². The third kappa shape index (κ3) is 2.74. The van der Waals surface area contributed by atoms with Crippen LogP contribution in [0.15, 0.2) is 41.1 Å². The van der Waals surface area contributed by atoms with E-state index in [-0.39, 0.29) is 6.04 Å². The van der Waals surface area contributed by atoms with Gasteiger partial charge in [0.15, 0.2) is 0 Å². The van der Waals surface area contributed by atoms with Crippen molar-refractivity contribution < 1.29 is 9.84 Å². The first kappa shape index (κ1) is 16.7. The van der Waals surface area contributed by atoms with Gasteiger partial charge in [-0.25, -0.2) is 4.98 Å². The highest BCUT2D eigenvalue weighted by Crippen LogP contribution is 2.41. The number of pyridine rings is 1. The van der Waals surface area contributed by atoms with Crippen molar-refractivity contribution in [1.29, 1.82) is 5.26 Å². The molecule has 0 spiro atoms. The van der Waals surface area contributed by atoms with Crippen molar-refractivity contribution in [1.82, 2.24) is 4.98 Å². The van der Waals surface area contributed by atoms with Crippen LogP contribution in [0.5, 0.6) is 5.75 Å². The smallest absolute Gasteiger partial charge is 0.138 e. The van der Waals surface area contributed by atoms with Gasteiger partial charge in [-0.2, -0.15) is 5.26 Å². The Morgan fingerprint density at radius 1 is 1.42 bits per heavy atom. The predicted octanol–water partition coefficient (Wildman–Crippen LogP) is 3.21. The SMILES string of the molecule is COc1cc(N2CC[C@@](O)(c3ccc(Br)nc3)[C@@H]2C)ccc1C#N. The Balaban J connectivity index is 1.92. The lowest BCUT2D eigenvalue weighted by Crippen LogP contribution is -2.40. The molecule has 0 radical (unpaired) electrons. The largest absolute Gasteiger partial charge is 0.495 e. The number of rotatable bonds is 3. The van der Waals surface area contributed by atoms with Crippen LogP contribution in [0, 0.1) is 11.3 Å². The Bertz CT molecular complexity index is 788. The van der Waals surface area contributed by atoms with Gasteiger partial charge >= 0.3 is 0 Å². The second-order valence-corrected chi connectivity index (χ2v) is 6.72. The van der Waals surface area contributed by atoms with Gasteiger partial charge in [0.25, 0.3) is 0 Å². The summed E-state index contributed by atoms with van der Waals surface area (Å²) in [5.74, 6) is 0.544. The first-order chi connectivity index (χ1) is 11.5. The maximum Gasteiger partial charge on any atom is 0.138 e. The zero-order valence-corrected chi connectivity index (χ0v) is 15.1. The predicted molar refractivity (Wildman–Crippen MR) is 95.0 cm³/mol. The van der Waals surface area contributed by atoms with Gasteiger partial charge in [-0.1, -0.05) is 6.07 Å². The van der Waals surface area contributed by atoms with Gasteiger partial charge < -0.3 is 14.7 Å². The molecule has 0 unspecified atom stereocenters. The Kier molecular flexibility index (Phi) is 4.48. The molecule has 1 saturated heterocycles. The van der Waals surface area contributed by atoms with Gasteiger partial charge in [-0.3, -0.25) is 0 Å². The lowest BCUT2D eigenvalue weighted by atomic mass is 9.88. The molecule has 0 aliphatic carbocycles. The number of ether oxygens (including phenoxy) is 1. The quantitative estimate of drug-likeness (QED) is 0.818. The number of benzene rings is 1. The van der Waals surface area contributed by atoms with Crippen LogP contribution in [-0.4, -0.2) is 29.8 Å². The second-order valence-electron chi connectivity index (χ2n) is 5.91. The van der Waals surface area contributed by atoms with Gasteiger partial charge in [-0.15, -0.1) is 0 Å². The Morgan fingerprint density at radius 3 is 2.83 bits per heavy atom. The summed E-state index contributed by atoms with van der Waals surface area (Å²) in [6, 6.07) is 11.2. The second kappa shape index (κ2) is 6.42. The van der Waals surface area contributed by atoms with E-state index in [1.807, 2.05) is 31.2 Å². The third-order valence-electron chi connectivity index (χ3n) is 4.76. The number of methoxy groups -OCH3 is 1. The molecular weight excluding hydrogens is 370 g/mol. The molecule has 6 heteroatoms. The van der Waals surface area contributed by atoms with E-state index in [2.05, 4.69) is 31.9 Å². The Hall–Kier alpha value is -2.10. The van der Waals surface area contributed by atoms with Crippen molar-refractivity contribution >= 4 is 21.6 Å². The van der Waals surface area contributed by atoms with E-state index >= 15 is 0 Å². The van der Waals surface area contributed by atoms with Crippen molar-refractivity contribution in [2.75, 3.05) is 18.6 Å². The number of nitrogens with zero attached hydrogens (tertiary/aromatic N) is 3. The summed E-state index contributed by atoms with van der Waals surface area (Å²) in [4.78, 5) is 6.36. The molecule has 0 saturated carbocycles. The number of aromatic nitrogens is 1. The van der Waals surface area contributed by atoms with Crippen LogP contribution >= 0.6 is 15.9 Å². The number of hydrogen-bond acceptors (Lipinski definition) is 5. The lowest BCUT2D eigenvalue weighted by Gasteiger charge is -2.33. The van der Waals surface area contributed by atoms with E-state index in [0.717, 1.165) is 15.9 Å². The molecule has 5 nitrogen and oxygen atoms in total. The highest BCUT2D eigenvalue weighted by Gasteiger charge is 2.45. The van der Waals surface area contributed by atoms with Crippen molar-refractivity contribution in [2.24, 2.45) is 0 Å². The number of anilines is 1. The van der Waals surface area contributed by atoms with Crippen LogP contribution in [0.1, 0.15) is 24.5 Å². The highest BCUT2D eigenvalue weighted by atomic mass is 79.9. The minimum absolute atomic E-state index is 0.127. The third-order valence-corrected chi connectivity index (χ3v) is 5.23. The molecule has 1 aromatic carbocycles. The van der Waals surface area contributed by atoms with Crippen LogP contribution in [0.4, 0.5) is 5.69 Å². The first-order valence-corrected chi connectivity index (χ1v) is 8.48. The summed E-state index contributed by atoms with van der Waals surface area (Å²) in [6.07, 6.45) is 2.32. The van der Waals surface area contributed by atoms with Gasteiger partial charge in [0.2, 0.25) is 0 Å². The molecule has 3 rings (SSSR count). The lowest BCUT2D eigenvalue weighted by molar-refractivity contribution is 0.0326. The maximum atomic E-state index is 11.2. The van der Waals surface area contributed by atoms with Gasteiger partial charge in [-0.05, 0) is 47.5 Å². The monoisotopic (exact) mass is 387 g/mol. The number of aliphatic hydroxyl groups is 1. The zero-order chi connectivity index (χ0) is 17.3. The van der Waals surface area contributed by atoms with E-state index in [1.165, 1.54) is 0 Å². The molecule has 0 bridgehead atoms. The molecule has 2 heterocycles. The minimum Gasteiger partial charge on any atom is -0.495 e. The van der Waals surface area contributed by atoms with E-state index < -0.39 is 5.60 Å². The average Bonchev–Trinajstić information content (AvgIpc) is 2.91. The van der Waals surface area contributed by atoms with Crippen LogP contribution in [0.3, 0.4) is 0 Å². The number of halogens is 1. The Labute approximate surface area is 149 Å². The molecule has 2 aromatic rings. The summed E-state index contributed by atoms with van der Waals surface area (Å²) >= 11 is 3.32. The van der Waals surface area contributed by atoms with E-state index in [4.69, 9.17) is 10.00 Å². The fourth-order valence-corrected chi connectivity index (χ4v) is 3.51. The molecule has 124 valence electrons. The topological polar surface area (TPSA) is 69.4 Å². The van der Waals surface area contributed by atoms with Crippen molar-refractivity contribution in [3.63, 3.8) is 0 Å².